The molecule has 0 radical (unpaired) electrons. The normalized spacial score (nSPS) is 12.0. The first-order chi connectivity index (χ1) is 22.2. The fourth-order valence-corrected chi connectivity index (χ4v) is 6.34. The van der Waals surface area contributed by atoms with Gasteiger partial charge in [-0.15, -0.1) is 0 Å². The Bertz CT molecular complexity index is 1890. The van der Waals surface area contributed by atoms with Gasteiger partial charge in [0.15, 0.2) is 0 Å². The Kier molecular flexibility index (Phi) is 10.9. The largest absolute Gasteiger partial charge is 0.507 e. The zero-order valence-corrected chi connectivity index (χ0v) is 27.6. The van der Waals surface area contributed by atoms with E-state index < -0.39 is 32.0 Å². The van der Waals surface area contributed by atoms with E-state index in [-0.39, 0.29) is 52.8 Å². The van der Waals surface area contributed by atoms with Crippen molar-refractivity contribution in [1.82, 2.24) is 20.2 Å². The Morgan fingerprint density at radius 3 is 2.38 bits per heavy atom. The van der Waals surface area contributed by atoms with Gasteiger partial charge in [0.1, 0.15) is 23.2 Å². The first-order valence-electron chi connectivity index (χ1n) is 14.8. The summed E-state index contributed by atoms with van der Waals surface area (Å²) in [6, 6.07) is 12.1. The highest BCUT2D eigenvalue weighted by Crippen LogP contribution is 2.48. The van der Waals surface area contributed by atoms with Crippen LogP contribution in [0.3, 0.4) is 0 Å². The number of imidazole rings is 1. The number of aromatic amines is 1. The summed E-state index contributed by atoms with van der Waals surface area (Å²) in [4.78, 5) is 22.6. The number of benzene rings is 3. The standard InChI is InChI=1S/C32H41N7O7S/c1-32(2,31(42)39(4)12-14-46-16-15-45-13-11-36-3)22-18-21(30-37-23-10-9-19(29(33)34)17-24(23)38-30)27(41)26(28(22)47(35,43)44)20-7-5-6-8-25(20)40/h5-10,17-18,36,40-41H,11-16H2,1-4H3,(H3,33,34)(H,37,38)(H2,35,43,44). The molecular formula is C32H41N7O7S. The number of fused-ring (bicyclic) bond motifs is 1. The lowest BCUT2D eigenvalue weighted by Gasteiger charge is -2.32. The van der Waals surface area contributed by atoms with Gasteiger partial charge in [0.2, 0.25) is 15.9 Å². The number of primary sulfonamides is 1. The van der Waals surface area contributed by atoms with E-state index in [2.05, 4.69) is 15.3 Å². The van der Waals surface area contributed by atoms with E-state index in [1.165, 1.54) is 23.1 Å². The van der Waals surface area contributed by atoms with E-state index in [4.69, 9.17) is 25.8 Å². The van der Waals surface area contributed by atoms with Gasteiger partial charge in [-0.3, -0.25) is 10.2 Å². The Balaban J connectivity index is 1.83. The number of para-hydroxylation sites is 1. The minimum absolute atomic E-state index is 0.0194. The Hall–Kier alpha value is -4.54. The number of phenols is 2. The van der Waals surface area contributed by atoms with Crippen LogP contribution in [0, 0.1) is 5.41 Å². The number of hydrogen-bond donors (Lipinski definition) is 7. The number of aromatic hydroxyl groups is 2. The molecule has 0 bridgehead atoms. The molecule has 252 valence electrons. The van der Waals surface area contributed by atoms with Crippen LogP contribution in [0.4, 0.5) is 0 Å². The van der Waals surface area contributed by atoms with Gasteiger partial charge < -0.3 is 40.6 Å². The molecule has 0 saturated heterocycles. The molecule has 0 spiro atoms. The number of nitrogens with one attached hydrogen (secondary N) is 3. The number of hydrogen-bond acceptors (Lipinski definition) is 10. The van der Waals surface area contributed by atoms with Gasteiger partial charge in [-0.05, 0) is 56.8 Å². The summed E-state index contributed by atoms with van der Waals surface area (Å²) in [5.74, 6) is -1.32. The van der Waals surface area contributed by atoms with Crippen molar-refractivity contribution in [2.75, 3.05) is 53.6 Å². The minimum Gasteiger partial charge on any atom is -0.507 e. The molecule has 14 nitrogen and oxygen atoms in total. The number of rotatable bonds is 15. The van der Waals surface area contributed by atoms with Gasteiger partial charge in [-0.25, -0.2) is 18.5 Å². The molecule has 0 aliphatic carbocycles. The Morgan fingerprint density at radius 1 is 1.06 bits per heavy atom. The number of ether oxygens (including phenoxy) is 2. The van der Waals surface area contributed by atoms with Crippen LogP contribution in [0.25, 0.3) is 33.5 Å². The second-order valence-electron chi connectivity index (χ2n) is 11.5. The van der Waals surface area contributed by atoms with E-state index in [0.29, 0.717) is 43.0 Å². The first kappa shape index (κ1) is 35.3. The minimum atomic E-state index is -4.62. The molecule has 3 aromatic carbocycles. The van der Waals surface area contributed by atoms with Crippen LogP contribution in [0.5, 0.6) is 11.5 Å². The van der Waals surface area contributed by atoms with Crippen molar-refractivity contribution in [1.29, 1.82) is 5.41 Å². The molecule has 1 aromatic heterocycles. The second-order valence-corrected chi connectivity index (χ2v) is 13.0. The van der Waals surface area contributed by atoms with Gasteiger partial charge in [0, 0.05) is 36.8 Å². The number of likely N-dealkylation sites (N-methyl/N-ethyl adjacent to an activating group) is 2. The van der Waals surface area contributed by atoms with Crippen molar-refractivity contribution in [3.05, 3.63) is 59.7 Å². The molecule has 0 atom stereocenters. The summed E-state index contributed by atoms with van der Waals surface area (Å²) in [7, 11) is -1.22. The molecule has 9 N–H and O–H groups in total. The molecule has 1 amide bonds. The number of carbonyl (C=O) groups is 1. The van der Waals surface area contributed by atoms with Crippen molar-refractivity contribution >= 4 is 32.8 Å². The molecule has 47 heavy (non-hydrogen) atoms. The van der Waals surface area contributed by atoms with Crippen molar-refractivity contribution in [3.63, 3.8) is 0 Å². The van der Waals surface area contributed by atoms with Crippen LogP contribution < -0.4 is 16.2 Å². The third-order valence-electron chi connectivity index (χ3n) is 7.75. The van der Waals surface area contributed by atoms with E-state index in [0.717, 1.165) is 0 Å². The Labute approximate surface area is 273 Å². The first-order valence-corrected chi connectivity index (χ1v) is 16.3. The van der Waals surface area contributed by atoms with Gasteiger partial charge in [-0.1, -0.05) is 18.2 Å². The monoisotopic (exact) mass is 667 g/mol. The lowest BCUT2D eigenvalue weighted by molar-refractivity contribution is -0.135. The van der Waals surface area contributed by atoms with Crippen LogP contribution in [0.1, 0.15) is 25.0 Å². The fraction of sp³-hybridized carbons (Fsp3) is 0.344. The molecule has 0 unspecified atom stereocenters. The third-order valence-corrected chi connectivity index (χ3v) is 8.75. The number of nitrogens with two attached hydrogens (primary N) is 2. The number of nitrogens with zero attached hydrogens (tertiary/aromatic N) is 2. The van der Waals surface area contributed by atoms with Crippen LogP contribution in [0.2, 0.25) is 0 Å². The van der Waals surface area contributed by atoms with Gasteiger partial charge in [0.25, 0.3) is 0 Å². The summed E-state index contributed by atoms with van der Waals surface area (Å²) in [6.07, 6.45) is 0. The zero-order chi connectivity index (χ0) is 34.5. The summed E-state index contributed by atoms with van der Waals surface area (Å²) in [5, 5.41) is 39.1. The number of H-pyrrole nitrogens is 1. The van der Waals surface area contributed by atoms with Gasteiger partial charge in [0.05, 0.1) is 53.3 Å². The number of amides is 1. The molecular weight excluding hydrogens is 626 g/mol. The molecule has 15 heteroatoms. The summed E-state index contributed by atoms with van der Waals surface area (Å²) < 4.78 is 37.7. The highest BCUT2D eigenvalue weighted by Gasteiger charge is 2.40. The maximum Gasteiger partial charge on any atom is 0.239 e. The quantitative estimate of drug-likeness (QED) is 0.0555. The Morgan fingerprint density at radius 2 is 1.74 bits per heavy atom. The lowest BCUT2D eigenvalue weighted by Crippen LogP contribution is -2.43. The number of nitrogen functional groups attached to an aromatic ring is 1. The number of phenolic OH excluding ortho intramolecular Hbond substituents is 2. The maximum atomic E-state index is 14.0. The molecule has 4 aromatic rings. The van der Waals surface area contributed by atoms with E-state index in [9.17, 15) is 23.4 Å². The summed E-state index contributed by atoms with van der Waals surface area (Å²) >= 11 is 0. The number of amidine groups is 1. The molecule has 0 saturated carbocycles. The molecule has 0 fully saturated rings. The maximum absolute atomic E-state index is 14.0. The highest BCUT2D eigenvalue weighted by molar-refractivity contribution is 7.89. The third kappa shape index (κ3) is 7.72. The van der Waals surface area contributed by atoms with Crippen LogP contribution in [-0.2, 0) is 29.7 Å². The SMILES string of the molecule is CNCCOCCOCCN(C)C(=O)C(C)(C)c1cc(-c2nc3ccc(C(=N)N)cc3[nH]2)c(O)c(-c2ccccc2O)c1S(N)(=O)=O. The fourth-order valence-electron chi connectivity index (χ4n) is 5.23. The number of sulfonamides is 1. The highest BCUT2D eigenvalue weighted by atomic mass is 32.2. The zero-order valence-electron chi connectivity index (χ0n) is 26.8. The van der Waals surface area contributed by atoms with Crippen molar-refractivity contribution in [2.45, 2.75) is 24.2 Å². The van der Waals surface area contributed by atoms with Gasteiger partial charge in [-0.2, -0.15) is 0 Å². The van der Waals surface area contributed by atoms with E-state index >= 15 is 0 Å². The van der Waals surface area contributed by atoms with Crippen molar-refractivity contribution in [2.24, 2.45) is 10.9 Å². The topological polar surface area (TPSA) is 230 Å². The molecule has 1 heterocycles. The molecule has 0 aliphatic rings. The molecule has 4 rings (SSSR count). The predicted molar refractivity (Wildman–Crippen MR) is 179 cm³/mol. The van der Waals surface area contributed by atoms with Crippen LogP contribution >= 0.6 is 0 Å². The van der Waals surface area contributed by atoms with Crippen LogP contribution in [-0.4, -0.2) is 98.9 Å². The average Bonchev–Trinajstić information content (AvgIpc) is 3.44. The lowest BCUT2D eigenvalue weighted by atomic mass is 9.80. The van der Waals surface area contributed by atoms with E-state index in [1.807, 2.05) is 7.05 Å². The number of aromatic nitrogens is 2. The predicted octanol–water partition coefficient (Wildman–Crippen LogP) is 2.23. The summed E-state index contributed by atoms with van der Waals surface area (Å²) in [5.41, 5.74) is 5.27. The van der Waals surface area contributed by atoms with E-state index in [1.54, 1.807) is 51.2 Å². The average molecular weight is 668 g/mol. The number of carbonyl (C=O) groups excluding carboxylic acids is 1. The van der Waals surface area contributed by atoms with Gasteiger partial charge >= 0.3 is 0 Å². The van der Waals surface area contributed by atoms with Crippen LogP contribution in [0.15, 0.2) is 53.4 Å². The van der Waals surface area contributed by atoms with Crippen molar-refractivity contribution < 1.29 is 32.9 Å². The molecule has 0 aliphatic heterocycles. The summed E-state index contributed by atoms with van der Waals surface area (Å²) in [6.45, 7) is 5.51. The smallest absolute Gasteiger partial charge is 0.239 e. The van der Waals surface area contributed by atoms with Crippen molar-refractivity contribution in [3.8, 4) is 34.0 Å². The second kappa shape index (κ2) is 14.5.